The minimum atomic E-state index is 0.470. The van der Waals surface area contributed by atoms with Crippen molar-refractivity contribution in [3.8, 4) is 0 Å². The highest BCUT2D eigenvalue weighted by Crippen LogP contribution is 2.45. The molecule has 1 N–H and O–H groups in total. The molecule has 1 saturated carbocycles. The largest absolute Gasteiger partial charge is 0.379 e. The number of nitrogens with zero attached hydrogens (tertiary/aromatic N) is 1. The zero-order valence-corrected chi connectivity index (χ0v) is 14.2. The van der Waals surface area contributed by atoms with E-state index in [1.807, 2.05) is 0 Å². The smallest absolute Gasteiger partial charge is 0.0594 e. The molecule has 20 heavy (non-hydrogen) atoms. The summed E-state index contributed by atoms with van der Waals surface area (Å²) in [6, 6.07) is 1.24. The molecule has 1 atom stereocenters. The fourth-order valence-corrected chi connectivity index (χ4v) is 4.59. The third-order valence-electron chi connectivity index (χ3n) is 4.71. The summed E-state index contributed by atoms with van der Waals surface area (Å²) in [5, 5.41) is 3.89. The summed E-state index contributed by atoms with van der Waals surface area (Å²) in [6.07, 6.45) is 3.96. The standard InChI is InChI=1S/C17H34N2O/c1-14(12-19-6-8-20-9-7-19)18-15-10-16(2,3)13-17(4,5)11-15/h14-15,18H,6-13H2,1-5H3. The molecule has 1 unspecified atom stereocenters. The Morgan fingerprint density at radius 3 is 2.20 bits per heavy atom. The van der Waals surface area contributed by atoms with Crippen LogP contribution in [0.5, 0.6) is 0 Å². The first kappa shape index (κ1) is 16.3. The van der Waals surface area contributed by atoms with Gasteiger partial charge in [0.25, 0.3) is 0 Å². The van der Waals surface area contributed by atoms with E-state index in [1.165, 1.54) is 19.3 Å². The van der Waals surface area contributed by atoms with Crippen LogP contribution in [0.4, 0.5) is 0 Å². The Kier molecular flexibility index (Phi) is 5.14. The number of morpholine rings is 1. The number of hydrogen-bond donors (Lipinski definition) is 1. The van der Waals surface area contributed by atoms with Crippen molar-refractivity contribution in [2.24, 2.45) is 10.8 Å². The van der Waals surface area contributed by atoms with Crippen LogP contribution in [0.15, 0.2) is 0 Å². The van der Waals surface area contributed by atoms with Crippen molar-refractivity contribution >= 4 is 0 Å². The first-order chi connectivity index (χ1) is 9.26. The highest BCUT2D eigenvalue weighted by atomic mass is 16.5. The summed E-state index contributed by atoms with van der Waals surface area (Å²) in [6.45, 7) is 17.2. The molecule has 0 spiro atoms. The van der Waals surface area contributed by atoms with Crippen molar-refractivity contribution in [3.63, 3.8) is 0 Å². The fourth-order valence-electron chi connectivity index (χ4n) is 4.59. The quantitative estimate of drug-likeness (QED) is 0.858. The number of rotatable bonds is 4. The van der Waals surface area contributed by atoms with Gasteiger partial charge in [-0.2, -0.15) is 0 Å². The number of ether oxygens (including phenoxy) is 1. The van der Waals surface area contributed by atoms with Crippen molar-refractivity contribution in [3.05, 3.63) is 0 Å². The summed E-state index contributed by atoms with van der Waals surface area (Å²) >= 11 is 0. The highest BCUT2D eigenvalue weighted by Gasteiger charge is 2.38. The van der Waals surface area contributed by atoms with Crippen LogP contribution in [0.3, 0.4) is 0 Å². The molecule has 3 nitrogen and oxygen atoms in total. The Morgan fingerprint density at radius 2 is 1.65 bits per heavy atom. The van der Waals surface area contributed by atoms with Crippen LogP contribution in [0, 0.1) is 10.8 Å². The second-order valence-electron chi connectivity index (χ2n) is 8.59. The van der Waals surface area contributed by atoms with Crippen LogP contribution in [-0.2, 0) is 4.74 Å². The van der Waals surface area contributed by atoms with Crippen molar-refractivity contribution in [2.45, 2.75) is 66.0 Å². The monoisotopic (exact) mass is 282 g/mol. The van der Waals surface area contributed by atoms with Gasteiger partial charge in [-0.05, 0) is 37.0 Å². The van der Waals surface area contributed by atoms with Crippen LogP contribution in [-0.4, -0.2) is 49.8 Å². The molecule has 3 heteroatoms. The third kappa shape index (κ3) is 5.01. The summed E-state index contributed by atoms with van der Waals surface area (Å²) in [5.41, 5.74) is 0.941. The van der Waals surface area contributed by atoms with Gasteiger partial charge in [-0.1, -0.05) is 27.7 Å². The van der Waals surface area contributed by atoms with E-state index >= 15 is 0 Å². The lowest BCUT2D eigenvalue weighted by Gasteiger charge is -2.46. The minimum Gasteiger partial charge on any atom is -0.379 e. The van der Waals surface area contributed by atoms with Gasteiger partial charge >= 0.3 is 0 Å². The summed E-state index contributed by atoms with van der Waals surface area (Å²) in [5.74, 6) is 0. The van der Waals surface area contributed by atoms with Crippen molar-refractivity contribution < 1.29 is 4.74 Å². The third-order valence-corrected chi connectivity index (χ3v) is 4.71. The van der Waals surface area contributed by atoms with E-state index in [1.54, 1.807) is 0 Å². The normalized spacial score (nSPS) is 29.2. The average molecular weight is 282 g/mol. The summed E-state index contributed by atoms with van der Waals surface area (Å²) in [7, 11) is 0. The fraction of sp³-hybridized carbons (Fsp3) is 1.00. The van der Waals surface area contributed by atoms with E-state index < -0.39 is 0 Å². The maximum absolute atomic E-state index is 5.42. The van der Waals surface area contributed by atoms with E-state index in [-0.39, 0.29) is 0 Å². The van der Waals surface area contributed by atoms with Gasteiger partial charge < -0.3 is 10.1 Å². The molecule has 0 bridgehead atoms. The van der Waals surface area contributed by atoms with Crippen molar-refractivity contribution in [1.82, 2.24) is 10.2 Å². The lowest BCUT2D eigenvalue weighted by Crippen LogP contribution is -2.51. The number of nitrogens with one attached hydrogen (secondary N) is 1. The zero-order valence-electron chi connectivity index (χ0n) is 14.2. The van der Waals surface area contributed by atoms with Crippen LogP contribution >= 0.6 is 0 Å². The Labute approximate surface area is 125 Å². The Balaban J connectivity index is 1.82. The summed E-state index contributed by atoms with van der Waals surface area (Å²) in [4.78, 5) is 2.53. The molecule has 0 radical (unpaired) electrons. The molecular formula is C17H34N2O. The zero-order chi connectivity index (χ0) is 14.8. The predicted octanol–water partition coefficient (Wildman–Crippen LogP) is 2.90. The van der Waals surface area contributed by atoms with Gasteiger partial charge in [0.15, 0.2) is 0 Å². The highest BCUT2D eigenvalue weighted by molar-refractivity contribution is 4.93. The Hall–Kier alpha value is -0.120. The molecule has 2 rings (SSSR count). The van der Waals surface area contributed by atoms with Gasteiger partial charge in [-0.15, -0.1) is 0 Å². The lowest BCUT2D eigenvalue weighted by molar-refractivity contribution is 0.0305. The van der Waals surface area contributed by atoms with E-state index in [0.29, 0.717) is 22.9 Å². The van der Waals surface area contributed by atoms with Crippen molar-refractivity contribution in [2.75, 3.05) is 32.8 Å². The second kappa shape index (κ2) is 6.33. The van der Waals surface area contributed by atoms with Gasteiger partial charge in [0.1, 0.15) is 0 Å². The van der Waals surface area contributed by atoms with E-state index in [2.05, 4.69) is 44.8 Å². The first-order valence-electron chi connectivity index (χ1n) is 8.32. The molecular weight excluding hydrogens is 248 g/mol. The minimum absolute atomic E-state index is 0.470. The van der Waals surface area contributed by atoms with Crippen LogP contribution in [0.2, 0.25) is 0 Å². The first-order valence-corrected chi connectivity index (χ1v) is 8.32. The topological polar surface area (TPSA) is 24.5 Å². The predicted molar refractivity (Wildman–Crippen MR) is 85.1 cm³/mol. The SMILES string of the molecule is CC(CN1CCOCC1)NC1CC(C)(C)CC(C)(C)C1. The van der Waals surface area contributed by atoms with E-state index in [4.69, 9.17) is 4.74 Å². The maximum Gasteiger partial charge on any atom is 0.0594 e. The molecule has 1 heterocycles. The molecule has 0 aromatic rings. The van der Waals surface area contributed by atoms with Gasteiger partial charge in [0, 0.05) is 31.7 Å². The molecule has 0 aromatic heterocycles. The van der Waals surface area contributed by atoms with Gasteiger partial charge in [0.2, 0.25) is 0 Å². The van der Waals surface area contributed by atoms with Crippen LogP contribution < -0.4 is 5.32 Å². The van der Waals surface area contributed by atoms with E-state index in [0.717, 1.165) is 32.8 Å². The Bertz CT molecular complexity index is 292. The van der Waals surface area contributed by atoms with Crippen LogP contribution in [0.1, 0.15) is 53.9 Å². The molecule has 1 aliphatic carbocycles. The second-order valence-corrected chi connectivity index (χ2v) is 8.59. The van der Waals surface area contributed by atoms with Crippen LogP contribution in [0.25, 0.3) is 0 Å². The molecule has 118 valence electrons. The van der Waals surface area contributed by atoms with Gasteiger partial charge in [-0.25, -0.2) is 0 Å². The molecule has 2 aliphatic rings. The van der Waals surface area contributed by atoms with Gasteiger partial charge in [-0.3, -0.25) is 4.90 Å². The van der Waals surface area contributed by atoms with Gasteiger partial charge in [0.05, 0.1) is 13.2 Å². The molecule has 1 aliphatic heterocycles. The maximum atomic E-state index is 5.42. The Morgan fingerprint density at radius 1 is 1.10 bits per heavy atom. The molecule has 2 fully saturated rings. The lowest BCUT2D eigenvalue weighted by atomic mass is 9.63. The molecule has 0 aromatic carbocycles. The van der Waals surface area contributed by atoms with E-state index in [9.17, 15) is 0 Å². The summed E-state index contributed by atoms with van der Waals surface area (Å²) < 4.78 is 5.42. The number of hydrogen-bond acceptors (Lipinski definition) is 3. The van der Waals surface area contributed by atoms with Crippen molar-refractivity contribution in [1.29, 1.82) is 0 Å². The molecule has 1 saturated heterocycles. The molecule has 0 amide bonds. The average Bonchev–Trinajstić information content (AvgIpc) is 2.25.